The van der Waals surface area contributed by atoms with Gasteiger partial charge >= 0.3 is 22.2 Å². The van der Waals surface area contributed by atoms with Crippen molar-refractivity contribution >= 4 is 22.2 Å². The summed E-state index contributed by atoms with van der Waals surface area (Å²) >= 11 is 0. The molecule has 0 aliphatic heterocycles. The molecule has 0 aromatic heterocycles. The number of aryl methyl sites for hydroxylation is 1. The summed E-state index contributed by atoms with van der Waals surface area (Å²) in [5.74, 6) is -2.09. The van der Waals surface area contributed by atoms with Gasteiger partial charge in [0, 0.05) is 0 Å². The van der Waals surface area contributed by atoms with Crippen LogP contribution >= 0.6 is 0 Å². The minimum atomic E-state index is -4.26. The quantitative estimate of drug-likeness (QED) is 0.413. The van der Waals surface area contributed by atoms with E-state index in [9.17, 15) is 23.1 Å². The number of carboxylic acid groups (broad SMARTS) is 1. The van der Waals surface area contributed by atoms with E-state index in [1.165, 1.54) is 12.1 Å². The van der Waals surface area contributed by atoms with Gasteiger partial charge in [-0.15, -0.1) is 0 Å². The number of carbonyl (C=O) groups is 2. The van der Waals surface area contributed by atoms with E-state index >= 15 is 0 Å². The number of ether oxygens (including phenoxy) is 1. The molecule has 0 saturated carbocycles. The van der Waals surface area contributed by atoms with Crippen molar-refractivity contribution in [3.05, 3.63) is 77.2 Å². The van der Waals surface area contributed by atoms with Crippen LogP contribution < -0.4 is 5.32 Å². The average molecular weight is 405 g/mol. The van der Waals surface area contributed by atoms with Crippen LogP contribution in [0, 0.1) is 6.92 Å². The molecule has 2 aromatic carbocycles. The summed E-state index contributed by atoms with van der Waals surface area (Å²) in [6, 6.07) is 14.6. The molecular weight excluding hydrogens is 386 g/mol. The van der Waals surface area contributed by atoms with Crippen molar-refractivity contribution in [1.82, 2.24) is 5.32 Å². The highest BCUT2D eigenvalue weighted by Crippen LogP contribution is 2.18. The minimum absolute atomic E-state index is 0.0822. The molecule has 0 atom stereocenters. The van der Waals surface area contributed by atoms with Crippen LogP contribution in [0.2, 0.25) is 0 Å². The third-order valence-corrected chi connectivity index (χ3v) is 4.87. The maximum absolute atomic E-state index is 12.3. The average Bonchev–Trinajstić information content (AvgIpc) is 2.65. The third-order valence-electron chi connectivity index (χ3n) is 3.55. The predicted molar refractivity (Wildman–Crippen MR) is 99.5 cm³/mol. The van der Waals surface area contributed by atoms with Crippen LogP contribution in [0.4, 0.5) is 4.79 Å². The van der Waals surface area contributed by atoms with Crippen molar-refractivity contribution in [1.29, 1.82) is 0 Å². The van der Waals surface area contributed by atoms with Gasteiger partial charge in [0.2, 0.25) is 0 Å². The van der Waals surface area contributed by atoms with Crippen LogP contribution in [0.5, 0.6) is 0 Å². The largest absolute Gasteiger partial charge is 0.476 e. The van der Waals surface area contributed by atoms with Gasteiger partial charge < -0.3 is 14.0 Å². The van der Waals surface area contributed by atoms with Crippen LogP contribution in [0.15, 0.2) is 70.9 Å². The van der Waals surface area contributed by atoms with Crippen molar-refractivity contribution in [2.45, 2.75) is 25.3 Å². The zero-order chi connectivity index (χ0) is 20.7. The van der Waals surface area contributed by atoms with Crippen LogP contribution in [0.3, 0.4) is 0 Å². The van der Waals surface area contributed by atoms with Gasteiger partial charge in [0.05, 0.1) is 0 Å². The Bertz CT molecular complexity index is 981. The number of aliphatic carboxylic acids is 1. The zero-order valence-corrected chi connectivity index (χ0v) is 16.0. The van der Waals surface area contributed by atoms with Crippen LogP contribution in [0.25, 0.3) is 0 Å². The first-order valence-corrected chi connectivity index (χ1v) is 9.53. The molecule has 0 radical (unpaired) electrons. The molecule has 2 rings (SSSR count). The SMILES string of the molecule is CC(OS(=O)(=O)c1ccc(C)cc1)=C(NC(=O)OCc1ccccc1)C(=O)O. The number of benzene rings is 2. The normalized spacial score (nSPS) is 11.9. The van der Waals surface area contributed by atoms with Gasteiger partial charge in [-0.1, -0.05) is 48.0 Å². The molecule has 0 unspecified atom stereocenters. The topological polar surface area (TPSA) is 119 Å². The van der Waals surface area contributed by atoms with E-state index in [0.29, 0.717) is 5.56 Å². The lowest BCUT2D eigenvalue weighted by atomic mass is 10.2. The number of alkyl carbamates (subject to hydrolysis) is 1. The lowest BCUT2D eigenvalue weighted by Crippen LogP contribution is -2.29. The van der Waals surface area contributed by atoms with E-state index in [4.69, 9.17) is 8.92 Å². The predicted octanol–water partition coefficient (Wildman–Crippen LogP) is 2.94. The first kappa shape index (κ1) is 21.0. The van der Waals surface area contributed by atoms with E-state index in [1.807, 2.05) is 5.32 Å². The summed E-state index contributed by atoms with van der Waals surface area (Å²) in [5.41, 5.74) is 0.808. The van der Waals surface area contributed by atoms with Gasteiger partial charge in [0.25, 0.3) is 0 Å². The first-order chi connectivity index (χ1) is 13.2. The Morgan fingerprint density at radius 1 is 1.04 bits per heavy atom. The Hall–Kier alpha value is -3.33. The van der Waals surface area contributed by atoms with E-state index in [0.717, 1.165) is 12.5 Å². The molecule has 0 spiro atoms. The summed E-state index contributed by atoms with van der Waals surface area (Å²) in [7, 11) is -4.26. The summed E-state index contributed by atoms with van der Waals surface area (Å²) in [6.45, 7) is 2.82. The van der Waals surface area contributed by atoms with Gasteiger partial charge in [0.1, 0.15) is 17.3 Å². The number of carbonyl (C=O) groups excluding carboxylic acids is 1. The molecule has 0 aliphatic carbocycles. The lowest BCUT2D eigenvalue weighted by Gasteiger charge is -2.12. The molecule has 0 heterocycles. The van der Waals surface area contributed by atoms with Crippen molar-refractivity contribution < 1.29 is 32.0 Å². The number of rotatable bonds is 7. The first-order valence-electron chi connectivity index (χ1n) is 8.12. The molecule has 148 valence electrons. The molecule has 2 aromatic rings. The van der Waals surface area contributed by atoms with Gasteiger partial charge in [-0.3, -0.25) is 5.32 Å². The highest BCUT2D eigenvalue weighted by atomic mass is 32.2. The van der Waals surface area contributed by atoms with E-state index in [-0.39, 0.29) is 11.5 Å². The number of allylic oxidation sites excluding steroid dienone is 1. The lowest BCUT2D eigenvalue weighted by molar-refractivity contribution is -0.133. The molecule has 0 fully saturated rings. The monoisotopic (exact) mass is 405 g/mol. The molecule has 1 amide bonds. The Balaban J connectivity index is 2.11. The van der Waals surface area contributed by atoms with Crippen LogP contribution in [-0.4, -0.2) is 25.6 Å². The molecule has 28 heavy (non-hydrogen) atoms. The zero-order valence-electron chi connectivity index (χ0n) is 15.2. The second kappa shape index (κ2) is 9.05. The maximum atomic E-state index is 12.3. The Morgan fingerprint density at radius 3 is 2.21 bits per heavy atom. The molecule has 9 heteroatoms. The smallest absolute Gasteiger partial charge is 0.412 e. The Morgan fingerprint density at radius 2 is 1.64 bits per heavy atom. The van der Waals surface area contributed by atoms with Gasteiger partial charge in [-0.2, -0.15) is 8.42 Å². The van der Waals surface area contributed by atoms with Crippen molar-refractivity contribution in [2.24, 2.45) is 0 Å². The van der Waals surface area contributed by atoms with E-state index < -0.39 is 33.6 Å². The minimum Gasteiger partial charge on any atom is -0.476 e. The molecule has 2 N–H and O–H groups in total. The highest BCUT2D eigenvalue weighted by molar-refractivity contribution is 7.86. The molecule has 8 nitrogen and oxygen atoms in total. The van der Waals surface area contributed by atoms with Crippen LogP contribution in [0.1, 0.15) is 18.1 Å². The van der Waals surface area contributed by atoms with Crippen LogP contribution in [-0.2, 0) is 30.4 Å². The Labute approximate surface area is 162 Å². The fraction of sp³-hybridized carbons (Fsp3) is 0.158. The Kier molecular flexibility index (Phi) is 6.78. The molecular formula is C19H19NO7S. The number of amides is 1. The number of hydrogen-bond donors (Lipinski definition) is 2. The summed E-state index contributed by atoms with van der Waals surface area (Å²) in [4.78, 5) is 23.1. The van der Waals surface area contributed by atoms with Gasteiger partial charge in [-0.05, 0) is 31.5 Å². The number of nitrogens with one attached hydrogen (secondary N) is 1. The third kappa shape index (κ3) is 5.85. The summed E-state index contributed by atoms with van der Waals surface area (Å²) in [5, 5.41) is 11.3. The standard InChI is InChI=1S/C19H19NO7S/c1-13-8-10-16(11-9-13)28(24,25)27-14(2)17(18(21)22)20-19(23)26-12-15-6-4-3-5-7-15/h3-11H,12H2,1-2H3,(H,20,23)(H,21,22). The fourth-order valence-electron chi connectivity index (χ4n) is 2.11. The molecule has 0 saturated heterocycles. The molecule has 0 bridgehead atoms. The highest BCUT2D eigenvalue weighted by Gasteiger charge is 2.23. The van der Waals surface area contributed by atoms with E-state index in [2.05, 4.69) is 0 Å². The van der Waals surface area contributed by atoms with Gasteiger partial charge in [0.15, 0.2) is 5.70 Å². The van der Waals surface area contributed by atoms with Crippen molar-refractivity contribution in [3.8, 4) is 0 Å². The summed E-state index contributed by atoms with van der Waals surface area (Å²) in [6.07, 6.45) is -1.06. The summed E-state index contributed by atoms with van der Waals surface area (Å²) < 4.78 is 34.4. The second-order valence-electron chi connectivity index (χ2n) is 5.77. The second-order valence-corrected chi connectivity index (χ2v) is 7.32. The molecule has 0 aliphatic rings. The van der Waals surface area contributed by atoms with Gasteiger partial charge in [-0.25, -0.2) is 9.59 Å². The van der Waals surface area contributed by atoms with Crippen molar-refractivity contribution in [3.63, 3.8) is 0 Å². The number of hydrogen-bond acceptors (Lipinski definition) is 6. The van der Waals surface area contributed by atoms with E-state index in [1.54, 1.807) is 49.4 Å². The fourth-order valence-corrected chi connectivity index (χ4v) is 3.09. The number of carboxylic acids is 1. The maximum Gasteiger partial charge on any atom is 0.412 e. The van der Waals surface area contributed by atoms with Crippen molar-refractivity contribution in [2.75, 3.05) is 0 Å².